The summed E-state index contributed by atoms with van der Waals surface area (Å²) in [4.78, 5) is 12.4. The summed E-state index contributed by atoms with van der Waals surface area (Å²) in [5.41, 5.74) is 0.414. The summed E-state index contributed by atoms with van der Waals surface area (Å²) in [6.07, 6.45) is 4.60. The minimum atomic E-state index is -0.747. The Balaban J connectivity index is 1.54. The van der Waals surface area contributed by atoms with Crippen LogP contribution in [-0.4, -0.2) is 25.8 Å². The molecule has 3 rings (SSSR count). The Morgan fingerprint density at radius 3 is 2.35 bits per heavy atom. The van der Waals surface area contributed by atoms with E-state index in [9.17, 15) is 9.18 Å². The Bertz CT molecular complexity index is 828. The zero-order valence-electron chi connectivity index (χ0n) is 18.3. The van der Waals surface area contributed by atoms with Crippen molar-refractivity contribution in [2.45, 2.75) is 52.2 Å². The highest BCUT2D eigenvalue weighted by Gasteiger charge is 2.26. The van der Waals surface area contributed by atoms with Gasteiger partial charge in [-0.05, 0) is 49.2 Å². The summed E-state index contributed by atoms with van der Waals surface area (Å²) in [5, 5.41) is 0. The molecule has 0 unspecified atom stereocenters. The van der Waals surface area contributed by atoms with Crippen LogP contribution in [0.25, 0.3) is 0 Å². The second kappa shape index (κ2) is 11.8. The van der Waals surface area contributed by atoms with E-state index in [1.54, 1.807) is 24.3 Å². The van der Waals surface area contributed by atoms with Gasteiger partial charge in [0.25, 0.3) is 0 Å². The predicted molar refractivity (Wildman–Crippen MR) is 116 cm³/mol. The van der Waals surface area contributed by atoms with E-state index in [1.807, 2.05) is 0 Å². The Morgan fingerprint density at radius 2 is 1.71 bits per heavy atom. The number of carbonyl (C=O) groups excluding carboxylic acids is 1. The fourth-order valence-corrected chi connectivity index (χ4v) is 3.45. The van der Waals surface area contributed by atoms with E-state index in [4.69, 9.17) is 18.9 Å². The predicted octanol–water partition coefficient (Wildman–Crippen LogP) is 6.08. The van der Waals surface area contributed by atoms with Gasteiger partial charge in [-0.2, -0.15) is 0 Å². The standard InChI is InChI=1S/C25H31FO5/c1-3-5-6-14-28-20-9-11-21(12-10-20)31-24(27)19-8-13-22(23(26)15-19)25-29-16-18(7-4-2)17-30-25/h8-13,15,18,25H,3-7,14,16-17H2,1-2H3. The van der Waals surface area contributed by atoms with Crippen molar-refractivity contribution in [2.24, 2.45) is 5.92 Å². The first kappa shape index (κ1) is 23.2. The third kappa shape index (κ3) is 6.77. The second-order valence-electron chi connectivity index (χ2n) is 7.81. The van der Waals surface area contributed by atoms with Crippen LogP contribution in [0.4, 0.5) is 4.39 Å². The number of ether oxygens (including phenoxy) is 4. The lowest BCUT2D eigenvalue weighted by Crippen LogP contribution is -2.27. The molecule has 1 fully saturated rings. The van der Waals surface area contributed by atoms with Crippen LogP contribution in [0.2, 0.25) is 0 Å². The molecule has 5 nitrogen and oxygen atoms in total. The molecule has 1 heterocycles. The highest BCUT2D eigenvalue weighted by atomic mass is 19.1. The normalized spacial score (nSPS) is 18.5. The van der Waals surface area contributed by atoms with Gasteiger partial charge in [0.15, 0.2) is 6.29 Å². The van der Waals surface area contributed by atoms with Crippen molar-refractivity contribution in [3.05, 3.63) is 59.4 Å². The number of esters is 1. The molecule has 0 spiro atoms. The fraction of sp³-hybridized carbons (Fsp3) is 0.480. The van der Waals surface area contributed by atoms with Gasteiger partial charge in [0.1, 0.15) is 17.3 Å². The van der Waals surface area contributed by atoms with Gasteiger partial charge in [-0.3, -0.25) is 0 Å². The molecule has 168 valence electrons. The zero-order chi connectivity index (χ0) is 22.1. The van der Waals surface area contributed by atoms with Gasteiger partial charge in [0, 0.05) is 11.5 Å². The van der Waals surface area contributed by atoms with E-state index in [1.165, 1.54) is 12.1 Å². The number of hydrogen-bond acceptors (Lipinski definition) is 5. The summed E-state index contributed by atoms with van der Waals surface area (Å²) < 4.78 is 37.0. The van der Waals surface area contributed by atoms with E-state index in [0.717, 1.165) is 43.9 Å². The van der Waals surface area contributed by atoms with Gasteiger partial charge >= 0.3 is 5.97 Å². The maximum absolute atomic E-state index is 14.6. The Kier molecular flexibility index (Phi) is 8.85. The van der Waals surface area contributed by atoms with E-state index in [2.05, 4.69) is 13.8 Å². The van der Waals surface area contributed by atoms with Gasteiger partial charge in [-0.1, -0.05) is 39.2 Å². The third-order valence-corrected chi connectivity index (χ3v) is 5.20. The van der Waals surface area contributed by atoms with E-state index in [0.29, 0.717) is 31.5 Å². The number of hydrogen-bond donors (Lipinski definition) is 0. The molecule has 1 aliphatic heterocycles. The molecule has 0 aliphatic carbocycles. The van der Waals surface area contributed by atoms with Crippen LogP contribution >= 0.6 is 0 Å². The van der Waals surface area contributed by atoms with Gasteiger partial charge in [-0.15, -0.1) is 0 Å². The number of rotatable bonds is 10. The van der Waals surface area contributed by atoms with E-state index >= 15 is 0 Å². The van der Waals surface area contributed by atoms with Crippen LogP contribution < -0.4 is 9.47 Å². The Hall–Kier alpha value is -2.44. The van der Waals surface area contributed by atoms with Crippen molar-refractivity contribution in [3.8, 4) is 11.5 Å². The maximum Gasteiger partial charge on any atom is 0.343 e. The average Bonchev–Trinajstić information content (AvgIpc) is 2.78. The van der Waals surface area contributed by atoms with Crippen LogP contribution in [0.1, 0.15) is 68.2 Å². The molecule has 1 aliphatic rings. The number of benzene rings is 2. The smallest absolute Gasteiger partial charge is 0.343 e. The SMILES string of the molecule is CCCCCOc1ccc(OC(=O)c2ccc(C3OCC(CCC)CO3)c(F)c2)cc1. The van der Waals surface area contributed by atoms with E-state index < -0.39 is 18.1 Å². The van der Waals surface area contributed by atoms with Crippen LogP contribution in [0.3, 0.4) is 0 Å². The molecule has 0 radical (unpaired) electrons. The lowest BCUT2D eigenvalue weighted by atomic mass is 10.0. The molecule has 6 heteroatoms. The number of halogens is 1. The summed E-state index contributed by atoms with van der Waals surface area (Å²) in [7, 11) is 0. The largest absolute Gasteiger partial charge is 0.494 e. The minimum Gasteiger partial charge on any atom is -0.494 e. The first-order valence-corrected chi connectivity index (χ1v) is 11.1. The zero-order valence-corrected chi connectivity index (χ0v) is 18.3. The molecule has 0 saturated carbocycles. The molecular weight excluding hydrogens is 399 g/mol. The molecule has 2 aromatic carbocycles. The summed E-state index contributed by atoms with van der Waals surface area (Å²) in [6, 6.07) is 11.0. The molecule has 0 bridgehead atoms. The van der Waals surface area contributed by atoms with Gasteiger partial charge in [-0.25, -0.2) is 9.18 Å². The quantitative estimate of drug-likeness (QED) is 0.260. The first-order valence-electron chi connectivity index (χ1n) is 11.1. The summed E-state index contributed by atoms with van der Waals surface area (Å²) >= 11 is 0. The van der Waals surface area contributed by atoms with Crippen molar-refractivity contribution >= 4 is 5.97 Å². The summed E-state index contributed by atoms with van der Waals surface area (Å²) in [6.45, 7) is 6.00. The summed E-state index contributed by atoms with van der Waals surface area (Å²) in [5.74, 6) is 0.253. The van der Waals surface area contributed by atoms with Crippen molar-refractivity contribution < 1.29 is 28.1 Å². The van der Waals surface area contributed by atoms with Crippen molar-refractivity contribution in [2.75, 3.05) is 19.8 Å². The number of carbonyl (C=O) groups is 1. The Labute approximate surface area is 183 Å². The molecule has 1 saturated heterocycles. The van der Waals surface area contributed by atoms with Gasteiger partial charge < -0.3 is 18.9 Å². The molecule has 2 aromatic rings. The first-order chi connectivity index (χ1) is 15.1. The topological polar surface area (TPSA) is 54.0 Å². The fourth-order valence-electron chi connectivity index (χ4n) is 3.45. The molecule has 0 atom stereocenters. The molecule has 0 amide bonds. The van der Waals surface area contributed by atoms with Crippen LogP contribution in [0.5, 0.6) is 11.5 Å². The van der Waals surface area contributed by atoms with Crippen LogP contribution in [0, 0.1) is 11.7 Å². The second-order valence-corrected chi connectivity index (χ2v) is 7.81. The monoisotopic (exact) mass is 430 g/mol. The average molecular weight is 431 g/mol. The van der Waals surface area contributed by atoms with Crippen molar-refractivity contribution in [1.82, 2.24) is 0 Å². The highest BCUT2D eigenvalue weighted by Crippen LogP contribution is 2.29. The van der Waals surface area contributed by atoms with Crippen LogP contribution in [-0.2, 0) is 9.47 Å². The van der Waals surface area contributed by atoms with Crippen LogP contribution in [0.15, 0.2) is 42.5 Å². The lowest BCUT2D eigenvalue weighted by molar-refractivity contribution is -0.207. The van der Waals surface area contributed by atoms with Gasteiger partial charge in [0.2, 0.25) is 0 Å². The molecule has 0 N–H and O–H groups in total. The number of unbranched alkanes of at least 4 members (excludes halogenated alkanes) is 2. The third-order valence-electron chi connectivity index (χ3n) is 5.20. The minimum absolute atomic E-state index is 0.126. The molecule has 0 aromatic heterocycles. The molecule has 31 heavy (non-hydrogen) atoms. The van der Waals surface area contributed by atoms with Crippen molar-refractivity contribution in [1.29, 1.82) is 0 Å². The Morgan fingerprint density at radius 1 is 1.00 bits per heavy atom. The van der Waals surface area contributed by atoms with Gasteiger partial charge in [0.05, 0.1) is 25.4 Å². The van der Waals surface area contributed by atoms with E-state index in [-0.39, 0.29) is 11.1 Å². The maximum atomic E-state index is 14.6. The molecular formula is C25H31FO5. The highest BCUT2D eigenvalue weighted by molar-refractivity contribution is 5.91. The van der Waals surface area contributed by atoms with Crippen molar-refractivity contribution in [3.63, 3.8) is 0 Å². The lowest BCUT2D eigenvalue weighted by Gasteiger charge is -2.29.